The van der Waals surface area contributed by atoms with Gasteiger partial charge in [0.25, 0.3) is 11.8 Å². The average molecular weight is 389 g/mol. The smallest absolute Gasteiger partial charge is 0.277 e. The van der Waals surface area contributed by atoms with Gasteiger partial charge in [-0.1, -0.05) is 36.4 Å². The van der Waals surface area contributed by atoms with Gasteiger partial charge in [-0.25, -0.2) is 0 Å². The second-order valence-corrected chi connectivity index (χ2v) is 7.47. The molecule has 0 atom stereocenters. The number of hydrogen-bond donors (Lipinski definition) is 1. The summed E-state index contributed by atoms with van der Waals surface area (Å²) in [5.74, 6) is -0.775. The van der Waals surface area contributed by atoms with Gasteiger partial charge in [-0.15, -0.1) is 0 Å². The molecule has 0 fully saturated rings. The highest BCUT2D eigenvalue weighted by Crippen LogP contribution is 2.30. The molecule has 0 aromatic heterocycles. The predicted octanol–water partition coefficient (Wildman–Crippen LogP) is 2.95. The molecule has 2 aliphatic rings. The summed E-state index contributed by atoms with van der Waals surface area (Å²) in [4.78, 5) is 40.0. The summed E-state index contributed by atoms with van der Waals surface area (Å²) in [6.45, 7) is 2.65. The minimum absolute atomic E-state index is 0.0468. The molecular weight excluding hydrogens is 366 g/mol. The molecule has 0 spiro atoms. The van der Waals surface area contributed by atoms with Gasteiger partial charge in [0.15, 0.2) is 0 Å². The summed E-state index contributed by atoms with van der Waals surface area (Å²) in [7, 11) is 1.48. The molecule has 6 nitrogen and oxygen atoms in total. The Labute approximate surface area is 169 Å². The van der Waals surface area contributed by atoms with Gasteiger partial charge >= 0.3 is 0 Å². The first-order chi connectivity index (χ1) is 14.0. The summed E-state index contributed by atoms with van der Waals surface area (Å²) >= 11 is 0. The number of hydrogen-bond acceptors (Lipinski definition) is 4. The van der Waals surface area contributed by atoms with E-state index in [0.717, 1.165) is 28.0 Å². The van der Waals surface area contributed by atoms with E-state index in [1.54, 1.807) is 4.90 Å². The zero-order valence-corrected chi connectivity index (χ0v) is 16.6. The van der Waals surface area contributed by atoms with Crippen molar-refractivity contribution in [3.63, 3.8) is 0 Å². The molecule has 0 unspecified atom stereocenters. The van der Waals surface area contributed by atoms with Crippen LogP contribution in [-0.2, 0) is 14.4 Å². The number of benzene rings is 2. The Morgan fingerprint density at radius 2 is 1.83 bits per heavy atom. The summed E-state index contributed by atoms with van der Waals surface area (Å²) in [6.07, 6.45) is 1.34. The molecule has 2 aliphatic heterocycles. The van der Waals surface area contributed by atoms with Crippen LogP contribution in [0.1, 0.15) is 18.4 Å². The molecule has 1 N–H and O–H groups in total. The summed E-state index contributed by atoms with van der Waals surface area (Å²) < 4.78 is 0. The van der Waals surface area contributed by atoms with Crippen LogP contribution in [0.3, 0.4) is 0 Å². The summed E-state index contributed by atoms with van der Waals surface area (Å²) in [5.41, 5.74) is 4.94. The lowest BCUT2D eigenvalue weighted by Gasteiger charge is -2.28. The highest BCUT2D eigenvalue weighted by Gasteiger charge is 2.40. The van der Waals surface area contributed by atoms with Crippen molar-refractivity contribution in [1.82, 2.24) is 9.80 Å². The Kier molecular flexibility index (Phi) is 4.92. The first kappa shape index (κ1) is 18.9. The van der Waals surface area contributed by atoms with Gasteiger partial charge in [-0.05, 0) is 48.6 Å². The van der Waals surface area contributed by atoms with Gasteiger partial charge in [-0.3, -0.25) is 19.3 Å². The maximum atomic E-state index is 12.6. The number of nitrogens with one attached hydrogen (secondary N) is 1. The van der Waals surface area contributed by atoms with E-state index >= 15 is 0 Å². The molecule has 0 radical (unpaired) electrons. The van der Waals surface area contributed by atoms with Gasteiger partial charge in [-0.2, -0.15) is 0 Å². The normalized spacial score (nSPS) is 16.3. The molecule has 0 saturated carbocycles. The fraction of sp³-hybridized carbons (Fsp3) is 0.261. The third-order valence-electron chi connectivity index (χ3n) is 5.46. The van der Waals surface area contributed by atoms with E-state index < -0.39 is 0 Å². The van der Waals surface area contributed by atoms with Crippen LogP contribution in [0.15, 0.2) is 59.8 Å². The average Bonchev–Trinajstić information content (AvgIpc) is 2.94. The van der Waals surface area contributed by atoms with Crippen LogP contribution in [0.25, 0.3) is 11.1 Å². The number of amides is 3. The predicted molar refractivity (Wildman–Crippen MR) is 111 cm³/mol. The minimum atomic E-state index is -0.319. The van der Waals surface area contributed by atoms with E-state index in [1.165, 1.54) is 7.05 Å². The number of rotatable bonds is 4. The first-order valence-corrected chi connectivity index (χ1v) is 9.72. The van der Waals surface area contributed by atoms with Crippen LogP contribution in [0.2, 0.25) is 0 Å². The molecule has 2 aromatic rings. The van der Waals surface area contributed by atoms with Gasteiger partial charge < -0.3 is 10.2 Å². The van der Waals surface area contributed by atoms with Crippen molar-refractivity contribution >= 4 is 23.4 Å². The maximum Gasteiger partial charge on any atom is 0.277 e. The summed E-state index contributed by atoms with van der Waals surface area (Å²) in [6, 6.07) is 15.9. The molecule has 2 aromatic carbocycles. The number of likely N-dealkylation sites (N-methyl/N-ethyl adjacent to an activating group) is 1. The highest BCUT2D eigenvalue weighted by molar-refractivity contribution is 6.19. The third kappa shape index (κ3) is 3.53. The minimum Gasteiger partial charge on any atom is -0.357 e. The lowest BCUT2D eigenvalue weighted by atomic mass is 10.00. The Bertz CT molecular complexity index is 1030. The molecule has 6 heteroatoms. The van der Waals surface area contributed by atoms with Crippen LogP contribution in [0.5, 0.6) is 0 Å². The largest absolute Gasteiger partial charge is 0.357 e. The van der Waals surface area contributed by atoms with Crippen molar-refractivity contribution in [3.8, 4) is 11.1 Å². The number of imide groups is 1. The van der Waals surface area contributed by atoms with Crippen molar-refractivity contribution < 1.29 is 14.4 Å². The molecule has 3 amide bonds. The Morgan fingerprint density at radius 1 is 1.07 bits per heavy atom. The van der Waals surface area contributed by atoms with Crippen LogP contribution in [-0.4, -0.2) is 47.7 Å². The van der Waals surface area contributed by atoms with Crippen molar-refractivity contribution in [2.24, 2.45) is 0 Å². The highest BCUT2D eigenvalue weighted by atomic mass is 16.2. The zero-order valence-electron chi connectivity index (χ0n) is 16.6. The number of nitrogens with zero attached hydrogens (tertiary/aromatic N) is 2. The van der Waals surface area contributed by atoms with Crippen molar-refractivity contribution in [3.05, 3.63) is 65.4 Å². The topological polar surface area (TPSA) is 69.7 Å². The van der Waals surface area contributed by atoms with E-state index in [-0.39, 0.29) is 24.3 Å². The van der Waals surface area contributed by atoms with Gasteiger partial charge in [0.1, 0.15) is 5.70 Å². The van der Waals surface area contributed by atoms with Crippen molar-refractivity contribution in [2.75, 3.05) is 25.5 Å². The quantitative estimate of drug-likeness (QED) is 0.817. The van der Waals surface area contributed by atoms with Gasteiger partial charge in [0.2, 0.25) is 5.91 Å². The van der Waals surface area contributed by atoms with E-state index in [1.807, 2.05) is 43.3 Å². The second-order valence-electron chi connectivity index (χ2n) is 7.47. The second kappa shape index (κ2) is 7.54. The van der Waals surface area contributed by atoms with Crippen LogP contribution in [0, 0.1) is 6.92 Å². The first-order valence-electron chi connectivity index (χ1n) is 9.72. The molecule has 0 bridgehead atoms. The molecule has 0 aliphatic carbocycles. The monoisotopic (exact) mass is 389 g/mol. The van der Waals surface area contributed by atoms with Crippen molar-refractivity contribution in [2.45, 2.75) is 19.8 Å². The summed E-state index contributed by atoms with van der Waals surface area (Å²) in [5, 5.41) is 2.91. The fourth-order valence-corrected chi connectivity index (χ4v) is 4.01. The lowest BCUT2D eigenvalue weighted by molar-refractivity contribution is -0.136. The van der Waals surface area contributed by atoms with E-state index in [0.29, 0.717) is 29.9 Å². The Balaban J connectivity index is 1.47. The number of carbonyl (C=O) groups is 3. The molecule has 29 heavy (non-hydrogen) atoms. The van der Waals surface area contributed by atoms with E-state index in [2.05, 4.69) is 17.4 Å². The number of carbonyl (C=O) groups excluding carboxylic acids is 3. The van der Waals surface area contributed by atoms with Crippen LogP contribution in [0.4, 0.5) is 5.69 Å². The Morgan fingerprint density at radius 3 is 2.55 bits per heavy atom. The molecule has 2 heterocycles. The molecule has 4 rings (SSSR count). The molecule has 148 valence electrons. The van der Waals surface area contributed by atoms with Crippen LogP contribution >= 0.6 is 0 Å². The van der Waals surface area contributed by atoms with Gasteiger partial charge in [0, 0.05) is 24.9 Å². The third-order valence-corrected chi connectivity index (χ3v) is 5.46. The van der Waals surface area contributed by atoms with E-state index in [4.69, 9.17) is 0 Å². The van der Waals surface area contributed by atoms with Crippen LogP contribution < -0.4 is 5.32 Å². The number of anilines is 1. The molecule has 0 saturated heterocycles. The van der Waals surface area contributed by atoms with Crippen molar-refractivity contribution in [1.29, 1.82) is 0 Å². The Hall–Kier alpha value is -3.41. The van der Waals surface area contributed by atoms with Gasteiger partial charge in [0.05, 0.1) is 6.54 Å². The standard InChI is InChI=1S/C23H23N3O3/c1-15-13-17(10-11-18(15)16-7-4-3-5-8-16)24-20(27)14-26-12-6-9-19-21(26)23(29)25(2)22(19)28/h3-5,7-8,10-11,13H,6,9,12,14H2,1-2H3,(H,24,27). The van der Waals surface area contributed by atoms with E-state index in [9.17, 15) is 14.4 Å². The molecular formula is C23H23N3O3. The lowest BCUT2D eigenvalue weighted by Crippen LogP contribution is -2.38. The zero-order chi connectivity index (χ0) is 20.5. The maximum absolute atomic E-state index is 12.6. The number of aryl methyl sites for hydroxylation is 1. The SMILES string of the molecule is Cc1cc(NC(=O)CN2CCCC3=C2C(=O)N(C)C3=O)ccc1-c1ccccc1. The fourth-order valence-electron chi connectivity index (χ4n) is 4.01.